The maximum atomic E-state index is 2.39. The molecule has 0 saturated carbocycles. The zero-order chi connectivity index (χ0) is 18.1. The van der Waals surface area contributed by atoms with Crippen molar-refractivity contribution < 1.29 is 0 Å². The lowest BCUT2D eigenvalue weighted by molar-refractivity contribution is 0.586. The highest BCUT2D eigenvalue weighted by Crippen LogP contribution is 2.53. The van der Waals surface area contributed by atoms with Crippen LogP contribution in [-0.2, 0) is 24.6 Å². The molecule has 0 aromatic heterocycles. The molecule has 2 aliphatic carbocycles. The highest BCUT2D eigenvalue weighted by molar-refractivity contribution is 6.10. The first-order valence-corrected chi connectivity index (χ1v) is 9.88. The van der Waals surface area contributed by atoms with Crippen LogP contribution in [0.4, 0.5) is 0 Å². The zero-order valence-corrected chi connectivity index (χ0v) is 16.2. The minimum atomic E-state index is 0.139. The summed E-state index contributed by atoms with van der Waals surface area (Å²) in [5.41, 5.74) is 15.5. The number of hydrogen-bond acceptors (Lipinski definition) is 0. The van der Waals surface area contributed by atoms with Gasteiger partial charge in [0.05, 0.1) is 0 Å². The van der Waals surface area contributed by atoms with Crippen molar-refractivity contribution in [3.8, 4) is 22.3 Å². The largest absolute Gasteiger partial charge is 0.107 e. The lowest BCUT2D eigenvalue weighted by atomic mass is 9.74. The number of rotatable bonds is 1. The Labute approximate surface area is 157 Å². The Bertz CT molecular complexity index is 1050. The molecule has 0 amide bonds. The van der Waals surface area contributed by atoms with Gasteiger partial charge < -0.3 is 0 Å². The van der Waals surface area contributed by atoms with E-state index in [0.717, 1.165) is 19.2 Å². The second-order valence-electron chi connectivity index (χ2n) is 8.83. The average molecular weight is 336 g/mol. The van der Waals surface area contributed by atoms with Crippen molar-refractivity contribution in [2.24, 2.45) is 0 Å². The van der Waals surface area contributed by atoms with E-state index in [1.807, 2.05) is 0 Å². The highest BCUT2D eigenvalue weighted by atomic mass is 14.4. The summed E-state index contributed by atoms with van der Waals surface area (Å²) in [6.45, 7) is 7.16. The highest BCUT2D eigenvalue weighted by Gasteiger charge is 2.36. The molecule has 0 radical (unpaired) electrons. The van der Waals surface area contributed by atoms with E-state index in [2.05, 4.69) is 77.1 Å². The smallest absolute Gasteiger partial charge is 0.0619 e. The first kappa shape index (κ1) is 15.9. The number of fused-ring (bicyclic) bond motifs is 6. The first-order valence-electron chi connectivity index (χ1n) is 9.88. The van der Waals surface area contributed by atoms with Gasteiger partial charge in [0, 0.05) is 0 Å². The normalized spacial score (nSPS) is 14.0. The Morgan fingerprint density at radius 2 is 1.31 bits per heavy atom. The number of benzene rings is 3. The Kier molecular flexibility index (Phi) is 3.29. The molecular formula is C25H25B. The van der Waals surface area contributed by atoms with Crippen LogP contribution in [-0.4, -0.2) is 7.85 Å². The van der Waals surface area contributed by atoms with Gasteiger partial charge in [-0.15, -0.1) is 0 Å². The molecule has 2 aliphatic rings. The molecule has 26 heavy (non-hydrogen) atoms. The maximum absolute atomic E-state index is 2.39. The fourth-order valence-corrected chi connectivity index (χ4v) is 5.34. The molecule has 0 heterocycles. The van der Waals surface area contributed by atoms with E-state index in [9.17, 15) is 0 Å². The van der Waals surface area contributed by atoms with Crippen LogP contribution in [0.1, 0.15) is 54.2 Å². The van der Waals surface area contributed by atoms with Crippen molar-refractivity contribution in [3.05, 3.63) is 81.9 Å². The van der Waals surface area contributed by atoms with Gasteiger partial charge in [0.25, 0.3) is 0 Å². The summed E-state index contributed by atoms with van der Waals surface area (Å²) in [7, 11) is 2.33. The Morgan fingerprint density at radius 1 is 0.769 bits per heavy atom. The van der Waals surface area contributed by atoms with E-state index in [1.165, 1.54) is 22.3 Å². The lowest BCUT2D eigenvalue weighted by Gasteiger charge is -2.29. The third-order valence-electron chi connectivity index (χ3n) is 6.23. The van der Waals surface area contributed by atoms with Crippen LogP contribution in [0.25, 0.3) is 22.3 Å². The standard InChI is InChI=1S/C25H25B/c1-25(2,3)24-20-13-16-9-4-6-10-17(16)22(20)21(14-26)19-12-15-8-5-7-11-18(15)23(19)24/h4-11H,12-14,26H2,1-3H3. The van der Waals surface area contributed by atoms with Crippen LogP contribution in [0, 0.1) is 0 Å². The van der Waals surface area contributed by atoms with Gasteiger partial charge in [-0.1, -0.05) is 75.6 Å². The molecule has 0 saturated heterocycles. The van der Waals surface area contributed by atoms with Crippen molar-refractivity contribution in [1.82, 2.24) is 0 Å². The van der Waals surface area contributed by atoms with Crippen LogP contribution in [0.2, 0.25) is 0 Å². The van der Waals surface area contributed by atoms with Gasteiger partial charge in [-0.2, -0.15) is 0 Å². The fourth-order valence-electron chi connectivity index (χ4n) is 5.34. The van der Waals surface area contributed by atoms with Gasteiger partial charge in [0.2, 0.25) is 0 Å². The van der Waals surface area contributed by atoms with E-state index in [1.54, 1.807) is 33.4 Å². The molecule has 0 unspecified atom stereocenters. The molecule has 3 aromatic carbocycles. The maximum Gasteiger partial charge on any atom is 0.107 e. The Balaban J connectivity index is 1.94. The topological polar surface area (TPSA) is 0 Å². The summed E-state index contributed by atoms with van der Waals surface area (Å²) in [5, 5.41) is 0. The SMILES string of the molecule is BCc1c2c(c(C(C)(C)C)c3c1-c1ccccc1C3)-c1ccccc1C2. The monoisotopic (exact) mass is 336 g/mol. The summed E-state index contributed by atoms with van der Waals surface area (Å²) in [6.07, 6.45) is 3.28. The molecular weight excluding hydrogens is 311 g/mol. The molecule has 0 bridgehead atoms. The van der Waals surface area contributed by atoms with Crippen LogP contribution in [0.5, 0.6) is 0 Å². The molecule has 0 spiro atoms. The summed E-state index contributed by atoms with van der Waals surface area (Å²) < 4.78 is 0. The molecule has 5 rings (SSSR count). The van der Waals surface area contributed by atoms with Crippen LogP contribution < -0.4 is 0 Å². The third kappa shape index (κ3) is 2.03. The van der Waals surface area contributed by atoms with Crippen molar-refractivity contribution in [2.45, 2.75) is 45.3 Å². The molecule has 0 N–H and O–H groups in total. The van der Waals surface area contributed by atoms with E-state index < -0.39 is 0 Å². The van der Waals surface area contributed by atoms with E-state index >= 15 is 0 Å². The van der Waals surface area contributed by atoms with E-state index in [4.69, 9.17) is 0 Å². The van der Waals surface area contributed by atoms with Gasteiger partial charge >= 0.3 is 0 Å². The number of hydrogen-bond donors (Lipinski definition) is 0. The van der Waals surface area contributed by atoms with Crippen LogP contribution >= 0.6 is 0 Å². The summed E-state index contributed by atoms with van der Waals surface area (Å²) in [6, 6.07) is 18.1. The molecule has 0 nitrogen and oxygen atoms in total. The summed E-state index contributed by atoms with van der Waals surface area (Å²) in [5.74, 6) is 0. The molecule has 0 aliphatic heterocycles. The van der Waals surface area contributed by atoms with Crippen molar-refractivity contribution in [1.29, 1.82) is 0 Å². The molecule has 1 heteroatoms. The Morgan fingerprint density at radius 3 is 1.88 bits per heavy atom. The molecule has 0 atom stereocenters. The van der Waals surface area contributed by atoms with Gasteiger partial charge in [-0.3, -0.25) is 0 Å². The second kappa shape index (κ2) is 5.36. The van der Waals surface area contributed by atoms with E-state index in [-0.39, 0.29) is 5.41 Å². The minimum absolute atomic E-state index is 0.139. The molecule has 3 aromatic rings. The van der Waals surface area contributed by atoms with Gasteiger partial charge in [0.15, 0.2) is 0 Å². The Hall–Kier alpha value is -2.28. The molecule has 0 fully saturated rings. The second-order valence-corrected chi connectivity index (χ2v) is 8.83. The average Bonchev–Trinajstić information content (AvgIpc) is 3.17. The van der Waals surface area contributed by atoms with Gasteiger partial charge in [-0.25, -0.2) is 0 Å². The van der Waals surface area contributed by atoms with Gasteiger partial charge in [-0.05, 0) is 73.9 Å². The first-order chi connectivity index (χ1) is 12.5. The van der Waals surface area contributed by atoms with Crippen molar-refractivity contribution in [3.63, 3.8) is 0 Å². The van der Waals surface area contributed by atoms with Crippen LogP contribution in [0.3, 0.4) is 0 Å². The fraction of sp³-hybridized carbons (Fsp3) is 0.280. The lowest BCUT2D eigenvalue weighted by Crippen LogP contribution is -2.17. The molecule has 128 valence electrons. The van der Waals surface area contributed by atoms with Crippen molar-refractivity contribution >= 4 is 7.85 Å². The van der Waals surface area contributed by atoms with Crippen molar-refractivity contribution in [2.75, 3.05) is 0 Å². The van der Waals surface area contributed by atoms with Gasteiger partial charge in [0.1, 0.15) is 7.85 Å². The van der Waals surface area contributed by atoms with Crippen LogP contribution in [0.15, 0.2) is 48.5 Å². The quantitative estimate of drug-likeness (QED) is 0.366. The summed E-state index contributed by atoms with van der Waals surface area (Å²) in [4.78, 5) is 0. The predicted molar refractivity (Wildman–Crippen MR) is 114 cm³/mol. The zero-order valence-electron chi connectivity index (χ0n) is 16.2. The predicted octanol–water partition coefficient (Wildman–Crippen LogP) is 5.26. The van der Waals surface area contributed by atoms with E-state index in [0.29, 0.717) is 0 Å². The minimum Gasteiger partial charge on any atom is -0.0619 e. The third-order valence-corrected chi connectivity index (χ3v) is 6.23. The summed E-state index contributed by atoms with van der Waals surface area (Å²) >= 11 is 0.